The first-order valence-electron chi connectivity index (χ1n) is 7.44. The van der Waals surface area contributed by atoms with Gasteiger partial charge in [-0.15, -0.1) is 11.6 Å². The Morgan fingerprint density at radius 1 is 0.947 bits per heavy atom. The van der Waals surface area contributed by atoms with Gasteiger partial charge < -0.3 is 0 Å². The highest BCUT2D eigenvalue weighted by atomic mass is 35.5. The number of hydrogen-bond donors (Lipinski definition) is 0. The lowest BCUT2D eigenvalue weighted by molar-refractivity contribution is 0.324. The molecule has 4 unspecified atom stereocenters. The molecule has 0 nitrogen and oxygen atoms in total. The summed E-state index contributed by atoms with van der Waals surface area (Å²) in [5.41, 5.74) is 1.34. The van der Waals surface area contributed by atoms with Crippen LogP contribution in [0.4, 0.5) is 0 Å². The van der Waals surface area contributed by atoms with Gasteiger partial charge in [-0.1, -0.05) is 48.9 Å². The molecule has 0 saturated heterocycles. The Morgan fingerprint density at radius 3 is 2.58 bits per heavy atom. The summed E-state index contributed by atoms with van der Waals surface area (Å²) in [6.45, 7) is 0. The molecule has 2 aliphatic carbocycles. The number of halogens is 1. The van der Waals surface area contributed by atoms with E-state index >= 15 is 0 Å². The zero-order chi connectivity index (χ0) is 12.8. The molecule has 2 aromatic carbocycles. The molecule has 0 amide bonds. The van der Waals surface area contributed by atoms with E-state index in [-0.39, 0.29) is 5.38 Å². The Morgan fingerprint density at radius 2 is 1.79 bits per heavy atom. The van der Waals surface area contributed by atoms with E-state index < -0.39 is 0 Å². The van der Waals surface area contributed by atoms with E-state index in [1.165, 1.54) is 42.0 Å². The number of hydrogen-bond acceptors (Lipinski definition) is 0. The van der Waals surface area contributed by atoms with Gasteiger partial charge in [0.1, 0.15) is 0 Å². The lowest BCUT2D eigenvalue weighted by Gasteiger charge is -2.27. The zero-order valence-corrected chi connectivity index (χ0v) is 11.8. The second-order valence-electron chi connectivity index (χ2n) is 6.31. The molecule has 4 atom stereocenters. The highest BCUT2D eigenvalue weighted by molar-refractivity contribution is 6.22. The first-order valence-corrected chi connectivity index (χ1v) is 7.88. The van der Waals surface area contributed by atoms with E-state index in [1.54, 1.807) is 0 Å². The average molecular weight is 271 g/mol. The number of fused-ring (bicyclic) bond motifs is 3. The summed E-state index contributed by atoms with van der Waals surface area (Å²) in [5.74, 6) is 2.55. The molecule has 4 rings (SSSR count). The quantitative estimate of drug-likeness (QED) is 0.627. The number of benzene rings is 2. The zero-order valence-electron chi connectivity index (χ0n) is 11.1. The van der Waals surface area contributed by atoms with E-state index in [4.69, 9.17) is 11.6 Å². The lowest BCUT2D eigenvalue weighted by atomic mass is 9.83. The predicted molar refractivity (Wildman–Crippen MR) is 81.5 cm³/mol. The maximum atomic E-state index is 6.89. The van der Waals surface area contributed by atoms with Crippen LogP contribution in [0.15, 0.2) is 42.5 Å². The summed E-state index contributed by atoms with van der Waals surface area (Å²) in [7, 11) is 0. The number of rotatable bonds is 2. The molecule has 0 N–H and O–H groups in total. The molecule has 19 heavy (non-hydrogen) atoms. The second kappa shape index (κ2) is 4.52. The maximum absolute atomic E-state index is 6.89. The monoisotopic (exact) mass is 270 g/mol. The maximum Gasteiger partial charge on any atom is 0.0622 e. The summed E-state index contributed by atoms with van der Waals surface area (Å²) >= 11 is 6.89. The molecule has 2 fully saturated rings. The van der Waals surface area contributed by atoms with E-state index in [9.17, 15) is 0 Å². The van der Waals surface area contributed by atoms with Crippen molar-refractivity contribution in [3.63, 3.8) is 0 Å². The first-order chi connectivity index (χ1) is 9.33. The molecule has 2 aromatic rings. The second-order valence-corrected chi connectivity index (χ2v) is 6.78. The predicted octanol–water partition coefficient (Wildman–Crippen LogP) is 5.56. The van der Waals surface area contributed by atoms with Crippen LogP contribution in [0.25, 0.3) is 10.8 Å². The van der Waals surface area contributed by atoms with Gasteiger partial charge in [0.05, 0.1) is 5.38 Å². The van der Waals surface area contributed by atoms with Gasteiger partial charge in [0.2, 0.25) is 0 Å². The smallest absolute Gasteiger partial charge is 0.0622 e. The third kappa shape index (κ3) is 1.89. The third-order valence-corrected chi connectivity index (χ3v) is 5.85. The lowest BCUT2D eigenvalue weighted by Crippen LogP contribution is -2.16. The van der Waals surface area contributed by atoms with Gasteiger partial charge in [-0.05, 0) is 53.4 Å². The van der Waals surface area contributed by atoms with Crippen LogP contribution in [0, 0.1) is 17.8 Å². The largest absolute Gasteiger partial charge is 0.117 e. The average Bonchev–Trinajstić information content (AvgIpc) is 3.08. The summed E-state index contributed by atoms with van der Waals surface area (Å²) in [4.78, 5) is 0. The van der Waals surface area contributed by atoms with Crippen molar-refractivity contribution in [1.29, 1.82) is 0 Å². The van der Waals surface area contributed by atoms with Gasteiger partial charge in [-0.3, -0.25) is 0 Å². The van der Waals surface area contributed by atoms with Crippen molar-refractivity contribution in [3.8, 4) is 0 Å². The van der Waals surface area contributed by atoms with Crippen LogP contribution in [0.5, 0.6) is 0 Å². The molecule has 0 aliphatic heterocycles. The molecular weight excluding hydrogens is 252 g/mol. The SMILES string of the molecule is ClC(c1cccc2ccccc12)C1CC2CCC1C2. The molecule has 98 valence electrons. The standard InChI is InChI=1S/C18H19Cl/c19-18(17-11-12-8-9-14(17)10-12)16-7-3-5-13-4-1-2-6-15(13)16/h1-7,12,14,17-18H,8-11H2. The molecule has 2 bridgehead atoms. The Hall–Kier alpha value is -1.01. The van der Waals surface area contributed by atoms with Gasteiger partial charge >= 0.3 is 0 Å². The Kier molecular flexibility index (Phi) is 2.81. The minimum atomic E-state index is 0.196. The molecule has 0 heterocycles. The summed E-state index contributed by atoms with van der Waals surface area (Å²) in [6, 6.07) is 15.2. The van der Waals surface area contributed by atoms with Gasteiger partial charge in [-0.2, -0.15) is 0 Å². The van der Waals surface area contributed by atoms with Crippen molar-refractivity contribution in [2.24, 2.45) is 17.8 Å². The van der Waals surface area contributed by atoms with Crippen LogP contribution >= 0.6 is 11.6 Å². The molecular formula is C18H19Cl. The molecule has 1 heteroatoms. The highest BCUT2D eigenvalue weighted by Crippen LogP contribution is 2.54. The van der Waals surface area contributed by atoms with E-state index in [1.807, 2.05) is 0 Å². The molecule has 0 radical (unpaired) electrons. The fourth-order valence-corrected chi connectivity index (χ4v) is 4.87. The van der Waals surface area contributed by atoms with Crippen LogP contribution in [0.3, 0.4) is 0 Å². The molecule has 2 aliphatic rings. The Bertz CT molecular complexity index is 598. The summed E-state index contributed by atoms with van der Waals surface area (Å²) in [5, 5.41) is 2.85. The molecule has 2 saturated carbocycles. The van der Waals surface area contributed by atoms with Crippen molar-refractivity contribution >= 4 is 22.4 Å². The van der Waals surface area contributed by atoms with Crippen molar-refractivity contribution in [2.75, 3.05) is 0 Å². The highest BCUT2D eigenvalue weighted by Gasteiger charge is 2.43. The van der Waals surface area contributed by atoms with Crippen LogP contribution in [0.1, 0.15) is 36.6 Å². The third-order valence-electron chi connectivity index (χ3n) is 5.29. The number of alkyl halides is 1. The van der Waals surface area contributed by atoms with Crippen molar-refractivity contribution in [3.05, 3.63) is 48.0 Å². The Balaban J connectivity index is 1.74. The minimum Gasteiger partial charge on any atom is -0.117 e. The van der Waals surface area contributed by atoms with Gasteiger partial charge in [0.15, 0.2) is 0 Å². The van der Waals surface area contributed by atoms with Crippen LogP contribution in [-0.4, -0.2) is 0 Å². The van der Waals surface area contributed by atoms with Crippen LogP contribution < -0.4 is 0 Å². The summed E-state index contributed by atoms with van der Waals surface area (Å²) < 4.78 is 0. The summed E-state index contributed by atoms with van der Waals surface area (Å²) in [6.07, 6.45) is 5.63. The normalized spacial score (nSPS) is 30.9. The fourth-order valence-electron chi connectivity index (χ4n) is 4.37. The van der Waals surface area contributed by atoms with Crippen molar-refractivity contribution < 1.29 is 0 Å². The van der Waals surface area contributed by atoms with Gasteiger partial charge in [-0.25, -0.2) is 0 Å². The Labute approximate surface area is 119 Å². The van der Waals surface area contributed by atoms with Crippen LogP contribution in [0.2, 0.25) is 0 Å². The fraction of sp³-hybridized carbons (Fsp3) is 0.444. The minimum absolute atomic E-state index is 0.196. The van der Waals surface area contributed by atoms with E-state index in [2.05, 4.69) is 42.5 Å². The van der Waals surface area contributed by atoms with Crippen molar-refractivity contribution in [2.45, 2.75) is 31.1 Å². The van der Waals surface area contributed by atoms with E-state index in [0.717, 1.165) is 11.8 Å². The molecule has 0 aromatic heterocycles. The van der Waals surface area contributed by atoms with E-state index in [0.29, 0.717) is 5.92 Å². The topological polar surface area (TPSA) is 0 Å². The molecule has 0 spiro atoms. The van der Waals surface area contributed by atoms with Gasteiger partial charge in [0.25, 0.3) is 0 Å². The van der Waals surface area contributed by atoms with Crippen LogP contribution in [-0.2, 0) is 0 Å². The van der Waals surface area contributed by atoms with Gasteiger partial charge in [0, 0.05) is 0 Å². The first kappa shape index (κ1) is 11.8. The van der Waals surface area contributed by atoms with Crippen molar-refractivity contribution in [1.82, 2.24) is 0 Å².